The second-order valence-corrected chi connectivity index (χ2v) is 8.48. The number of rotatable bonds is 5. The van der Waals surface area contributed by atoms with Gasteiger partial charge in [0.1, 0.15) is 5.82 Å². The first kappa shape index (κ1) is 17.6. The van der Waals surface area contributed by atoms with Gasteiger partial charge in [0, 0.05) is 23.1 Å². The molecule has 4 nitrogen and oxygen atoms in total. The number of carbonyl (C=O) groups excluding carboxylic acids is 1. The van der Waals surface area contributed by atoms with Crippen molar-refractivity contribution in [2.24, 2.45) is 5.92 Å². The number of hydrogen-bond donors (Lipinski definition) is 2. The fourth-order valence-electron chi connectivity index (χ4n) is 3.55. The summed E-state index contributed by atoms with van der Waals surface area (Å²) < 4.78 is 13.1. The highest BCUT2D eigenvalue weighted by molar-refractivity contribution is 7.15. The number of hydrogen-bond acceptors (Lipinski definition) is 4. The SMILES string of the molecule is O=C(Nc1nc(C2CC2)c(Cc2ccc(F)cc2)s1)C1CCC(O)CC1. The second kappa shape index (κ2) is 7.45. The zero-order chi connectivity index (χ0) is 18.1. The van der Waals surface area contributed by atoms with Crippen LogP contribution in [0.5, 0.6) is 0 Å². The minimum Gasteiger partial charge on any atom is -0.393 e. The summed E-state index contributed by atoms with van der Waals surface area (Å²) in [5, 5.41) is 13.3. The number of anilines is 1. The van der Waals surface area contributed by atoms with Crippen LogP contribution < -0.4 is 5.32 Å². The Kier molecular flexibility index (Phi) is 5.05. The van der Waals surface area contributed by atoms with Gasteiger partial charge in [0.15, 0.2) is 5.13 Å². The van der Waals surface area contributed by atoms with Crippen molar-refractivity contribution in [3.8, 4) is 0 Å². The molecule has 0 radical (unpaired) electrons. The monoisotopic (exact) mass is 374 g/mol. The molecule has 4 rings (SSSR count). The van der Waals surface area contributed by atoms with Gasteiger partial charge in [-0.15, -0.1) is 11.3 Å². The summed E-state index contributed by atoms with van der Waals surface area (Å²) in [7, 11) is 0. The number of amides is 1. The van der Waals surface area contributed by atoms with E-state index in [0.717, 1.165) is 48.2 Å². The van der Waals surface area contributed by atoms with E-state index < -0.39 is 0 Å². The Morgan fingerprint density at radius 1 is 1.15 bits per heavy atom. The van der Waals surface area contributed by atoms with Crippen LogP contribution in [0.15, 0.2) is 24.3 Å². The third-order valence-corrected chi connectivity index (χ3v) is 6.25. The topological polar surface area (TPSA) is 62.2 Å². The molecular formula is C20H23FN2O2S. The summed E-state index contributed by atoms with van der Waals surface area (Å²) in [6, 6.07) is 6.56. The van der Waals surface area contributed by atoms with Crippen LogP contribution in [0.2, 0.25) is 0 Å². The number of aliphatic hydroxyl groups is 1. The molecule has 2 N–H and O–H groups in total. The summed E-state index contributed by atoms with van der Waals surface area (Å²) >= 11 is 1.53. The maximum Gasteiger partial charge on any atom is 0.229 e. The number of aromatic nitrogens is 1. The predicted octanol–water partition coefficient (Wildman–Crippen LogP) is 4.24. The van der Waals surface area contributed by atoms with Crippen molar-refractivity contribution in [3.63, 3.8) is 0 Å². The van der Waals surface area contributed by atoms with Gasteiger partial charge in [-0.25, -0.2) is 9.37 Å². The van der Waals surface area contributed by atoms with E-state index in [1.807, 2.05) is 0 Å². The van der Waals surface area contributed by atoms with Crippen molar-refractivity contribution in [1.82, 2.24) is 4.98 Å². The Morgan fingerprint density at radius 3 is 2.50 bits per heavy atom. The average molecular weight is 374 g/mol. The lowest BCUT2D eigenvalue weighted by atomic mass is 9.87. The third-order valence-electron chi connectivity index (χ3n) is 5.27. The number of aliphatic hydroxyl groups excluding tert-OH is 1. The Balaban J connectivity index is 1.47. The van der Waals surface area contributed by atoms with Gasteiger partial charge in [-0.05, 0) is 56.2 Å². The van der Waals surface area contributed by atoms with Crippen molar-refractivity contribution in [3.05, 3.63) is 46.2 Å². The molecule has 2 saturated carbocycles. The van der Waals surface area contributed by atoms with Crippen molar-refractivity contribution in [2.75, 3.05) is 5.32 Å². The number of nitrogens with one attached hydrogen (secondary N) is 1. The zero-order valence-electron chi connectivity index (χ0n) is 14.6. The van der Waals surface area contributed by atoms with E-state index >= 15 is 0 Å². The van der Waals surface area contributed by atoms with E-state index in [0.29, 0.717) is 23.9 Å². The fourth-order valence-corrected chi connectivity index (χ4v) is 4.64. The van der Waals surface area contributed by atoms with Crippen LogP contribution in [0.3, 0.4) is 0 Å². The molecule has 0 aliphatic heterocycles. The number of halogens is 1. The zero-order valence-corrected chi connectivity index (χ0v) is 15.4. The van der Waals surface area contributed by atoms with Crippen molar-refractivity contribution >= 4 is 22.4 Å². The molecule has 0 atom stereocenters. The van der Waals surface area contributed by atoms with Crippen LogP contribution in [-0.4, -0.2) is 22.1 Å². The largest absolute Gasteiger partial charge is 0.393 e. The van der Waals surface area contributed by atoms with Crippen molar-refractivity contribution < 1.29 is 14.3 Å². The van der Waals surface area contributed by atoms with Gasteiger partial charge < -0.3 is 10.4 Å². The number of carbonyl (C=O) groups is 1. The Labute approximate surface area is 156 Å². The number of benzene rings is 1. The Hall–Kier alpha value is -1.79. The maximum atomic E-state index is 13.1. The fraction of sp³-hybridized carbons (Fsp3) is 0.500. The first-order valence-electron chi connectivity index (χ1n) is 9.31. The van der Waals surface area contributed by atoms with Crippen molar-refractivity contribution in [2.45, 2.75) is 57.0 Å². The summed E-state index contributed by atoms with van der Waals surface area (Å²) in [6.07, 6.45) is 5.60. The highest BCUT2D eigenvalue weighted by atomic mass is 32.1. The predicted molar refractivity (Wildman–Crippen MR) is 99.9 cm³/mol. The molecule has 6 heteroatoms. The van der Waals surface area contributed by atoms with Gasteiger partial charge in [0.25, 0.3) is 0 Å². The van der Waals surface area contributed by atoms with E-state index in [2.05, 4.69) is 5.32 Å². The number of nitrogens with zero attached hydrogens (tertiary/aromatic N) is 1. The van der Waals surface area contributed by atoms with Gasteiger partial charge in [-0.2, -0.15) is 0 Å². The van der Waals surface area contributed by atoms with Crippen LogP contribution in [0.25, 0.3) is 0 Å². The highest BCUT2D eigenvalue weighted by Crippen LogP contribution is 2.44. The molecule has 2 aliphatic carbocycles. The molecular weight excluding hydrogens is 351 g/mol. The van der Waals surface area contributed by atoms with Crippen LogP contribution >= 0.6 is 11.3 Å². The van der Waals surface area contributed by atoms with E-state index in [-0.39, 0.29) is 23.7 Å². The minimum absolute atomic E-state index is 0.0151. The molecule has 0 bridgehead atoms. The maximum absolute atomic E-state index is 13.1. The lowest BCUT2D eigenvalue weighted by Crippen LogP contribution is -2.28. The Morgan fingerprint density at radius 2 is 1.85 bits per heavy atom. The summed E-state index contributed by atoms with van der Waals surface area (Å²) in [6.45, 7) is 0. The quantitative estimate of drug-likeness (QED) is 0.823. The minimum atomic E-state index is -0.261. The summed E-state index contributed by atoms with van der Waals surface area (Å²) in [5.74, 6) is 0.247. The van der Waals surface area contributed by atoms with Gasteiger partial charge in [0.05, 0.1) is 11.8 Å². The molecule has 138 valence electrons. The molecule has 2 fully saturated rings. The van der Waals surface area contributed by atoms with E-state index in [1.54, 1.807) is 12.1 Å². The van der Waals surface area contributed by atoms with E-state index in [9.17, 15) is 14.3 Å². The first-order chi connectivity index (χ1) is 12.6. The third kappa shape index (κ3) is 4.13. The lowest BCUT2D eigenvalue weighted by molar-refractivity contribution is -0.121. The Bertz CT molecular complexity index is 778. The molecule has 1 heterocycles. The molecule has 0 unspecified atom stereocenters. The molecule has 1 aromatic carbocycles. The molecule has 1 aromatic heterocycles. The molecule has 2 aliphatic rings. The summed E-state index contributed by atoms with van der Waals surface area (Å²) in [4.78, 5) is 18.4. The molecule has 2 aromatic rings. The summed E-state index contributed by atoms with van der Waals surface area (Å²) in [5.41, 5.74) is 2.14. The van der Waals surface area contributed by atoms with Crippen LogP contribution in [0, 0.1) is 11.7 Å². The van der Waals surface area contributed by atoms with Gasteiger partial charge >= 0.3 is 0 Å². The van der Waals surface area contributed by atoms with E-state index in [4.69, 9.17) is 4.98 Å². The molecule has 1 amide bonds. The highest BCUT2D eigenvalue weighted by Gasteiger charge is 2.31. The smallest absolute Gasteiger partial charge is 0.229 e. The van der Waals surface area contributed by atoms with Crippen LogP contribution in [0.1, 0.15) is 60.6 Å². The first-order valence-corrected chi connectivity index (χ1v) is 10.1. The van der Waals surface area contributed by atoms with Gasteiger partial charge in [-0.1, -0.05) is 12.1 Å². The van der Waals surface area contributed by atoms with Crippen molar-refractivity contribution in [1.29, 1.82) is 0 Å². The van der Waals surface area contributed by atoms with Gasteiger partial charge in [0.2, 0.25) is 5.91 Å². The van der Waals surface area contributed by atoms with Gasteiger partial charge in [-0.3, -0.25) is 4.79 Å². The van der Waals surface area contributed by atoms with Crippen LogP contribution in [0.4, 0.5) is 9.52 Å². The molecule has 0 saturated heterocycles. The standard InChI is InChI=1S/C20H23FN2O2S/c21-15-7-1-12(2-8-15)11-17-18(13-3-4-13)22-20(26-17)23-19(25)14-5-9-16(24)10-6-14/h1-2,7-8,13-14,16,24H,3-6,9-11H2,(H,22,23,25). The molecule has 26 heavy (non-hydrogen) atoms. The average Bonchev–Trinajstić information content (AvgIpc) is 3.40. The number of thiazole rings is 1. The normalized spacial score (nSPS) is 23.0. The van der Waals surface area contributed by atoms with E-state index in [1.165, 1.54) is 23.5 Å². The lowest BCUT2D eigenvalue weighted by Gasteiger charge is -2.23. The second-order valence-electron chi connectivity index (χ2n) is 7.40. The molecule has 0 spiro atoms. The van der Waals surface area contributed by atoms with Crippen LogP contribution in [-0.2, 0) is 11.2 Å².